The molecule has 0 aliphatic rings. The summed E-state index contributed by atoms with van der Waals surface area (Å²) in [4.78, 5) is 30.3. The zero-order valence-corrected chi connectivity index (χ0v) is 24.1. The second-order valence-corrected chi connectivity index (χ2v) is 10.7. The summed E-state index contributed by atoms with van der Waals surface area (Å²) < 4.78 is 2.00. The number of aldehydes is 1. The van der Waals surface area contributed by atoms with Crippen LogP contribution in [0.1, 0.15) is 57.1 Å². The number of carbonyl (C=O) groups excluding carboxylic acids is 2. The molecular weight excluding hydrogens is 532 g/mol. The van der Waals surface area contributed by atoms with E-state index < -0.39 is 5.54 Å². The van der Waals surface area contributed by atoms with Crippen molar-refractivity contribution in [3.05, 3.63) is 167 Å². The summed E-state index contributed by atoms with van der Waals surface area (Å²) in [5.74, 6) is -0.178. The number of aromatic nitrogens is 3. The Labute approximate surface area is 251 Å². The van der Waals surface area contributed by atoms with Gasteiger partial charge in [0.1, 0.15) is 11.2 Å². The van der Waals surface area contributed by atoms with Gasteiger partial charge in [-0.2, -0.15) is 5.10 Å². The van der Waals surface area contributed by atoms with Gasteiger partial charge in [-0.3, -0.25) is 9.59 Å². The van der Waals surface area contributed by atoms with E-state index in [1.165, 1.54) is 0 Å². The summed E-state index contributed by atoms with van der Waals surface area (Å²) in [6.07, 6.45) is 0.776. The molecule has 43 heavy (non-hydrogen) atoms. The number of rotatable bonds is 9. The smallest absolute Gasteiger partial charge is 0.226 e. The van der Waals surface area contributed by atoms with Crippen LogP contribution in [0, 0.1) is 6.92 Å². The first kappa shape index (κ1) is 27.8. The Morgan fingerprint density at radius 2 is 1.30 bits per heavy atom. The van der Waals surface area contributed by atoms with Crippen LogP contribution in [0.3, 0.4) is 0 Å². The SMILES string of the molecule is Cc1nn(C(c2ccccc2)(c2ccccc2)c2ccccc2)c2cc(CC(=O)N[C@H](C)c3ccccc3)nc(C=O)c12. The summed E-state index contributed by atoms with van der Waals surface area (Å²) in [6, 6.07) is 42.3. The van der Waals surface area contributed by atoms with Crippen LogP contribution in [0.2, 0.25) is 0 Å². The van der Waals surface area contributed by atoms with Crippen LogP contribution in [0.4, 0.5) is 0 Å². The molecule has 0 unspecified atom stereocenters. The van der Waals surface area contributed by atoms with E-state index in [9.17, 15) is 9.59 Å². The molecule has 0 saturated heterocycles. The monoisotopic (exact) mass is 564 g/mol. The Balaban J connectivity index is 1.56. The van der Waals surface area contributed by atoms with Gasteiger partial charge in [0.25, 0.3) is 0 Å². The lowest BCUT2D eigenvalue weighted by Crippen LogP contribution is -2.38. The van der Waals surface area contributed by atoms with Crippen molar-refractivity contribution in [3.63, 3.8) is 0 Å². The van der Waals surface area contributed by atoms with E-state index in [1.54, 1.807) is 0 Å². The van der Waals surface area contributed by atoms with Gasteiger partial charge in [0.2, 0.25) is 5.91 Å². The molecule has 0 fully saturated rings. The van der Waals surface area contributed by atoms with Crippen molar-refractivity contribution < 1.29 is 9.59 Å². The van der Waals surface area contributed by atoms with Gasteiger partial charge in [-0.05, 0) is 42.2 Å². The third-order valence-electron chi connectivity index (χ3n) is 7.94. The van der Waals surface area contributed by atoms with E-state index >= 15 is 0 Å². The second kappa shape index (κ2) is 11.9. The second-order valence-electron chi connectivity index (χ2n) is 10.7. The molecule has 4 aromatic carbocycles. The third kappa shape index (κ3) is 5.12. The number of hydrogen-bond acceptors (Lipinski definition) is 4. The molecule has 0 aliphatic heterocycles. The molecule has 2 aromatic heterocycles. The number of nitrogens with zero attached hydrogens (tertiary/aromatic N) is 3. The van der Waals surface area contributed by atoms with Crippen molar-refractivity contribution in [2.75, 3.05) is 0 Å². The molecule has 6 aromatic rings. The van der Waals surface area contributed by atoms with E-state index in [2.05, 4.69) is 46.7 Å². The standard InChI is InChI=1S/C37H32N4O2/c1-26(28-15-7-3-8-16-28)38-35(43)24-32-23-34-36(33(25-42)39-32)27(2)40-41(34)37(29-17-9-4-10-18-29,30-19-11-5-12-20-30)31-21-13-6-14-22-31/h3-23,25-26H,24H2,1-2H3,(H,38,43)/t26-/m1/s1. The molecule has 0 saturated carbocycles. The van der Waals surface area contributed by atoms with E-state index in [-0.39, 0.29) is 24.1 Å². The first-order valence-corrected chi connectivity index (χ1v) is 14.4. The van der Waals surface area contributed by atoms with Crippen molar-refractivity contribution in [3.8, 4) is 0 Å². The molecule has 0 aliphatic carbocycles. The average Bonchev–Trinajstić information content (AvgIpc) is 3.39. The highest BCUT2D eigenvalue weighted by molar-refractivity contribution is 5.97. The number of nitrogens with one attached hydrogen (secondary N) is 1. The first-order chi connectivity index (χ1) is 21.0. The number of benzene rings is 4. The maximum absolute atomic E-state index is 13.2. The van der Waals surface area contributed by atoms with E-state index in [0.29, 0.717) is 16.8 Å². The Morgan fingerprint density at radius 3 is 1.79 bits per heavy atom. The maximum Gasteiger partial charge on any atom is 0.226 e. The molecule has 0 bridgehead atoms. The maximum atomic E-state index is 13.2. The summed E-state index contributed by atoms with van der Waals surface area (Å²) in [5.41, 5.74) is 5.35. The van der Waals surface area contributed by atoms with Crippen LogP contribution in [0.25, 0.3) is 10.9 Å². The van der Waals surface area contributed by atoms with Gasteiger partial charge >= 0.3 is 0 Å². The topological polar surface area (TPSA) is 76.9 Å². The highest BCUT2D eigenvalue weighted by atomic mass is 16.1. The fraction of sp³-hybridized carbons (Fsp3) is 0.135. The molecule has 6 nitrogen and oxygen atoms in total. The van der Waals surface area contributed by atoms with E-state index in [0.717, 1.165) is 34.1 Å². The minimum atomic E-state index is -0.876. The molecule has 0 spiro atoms. The highest BCUT2D eigenvalue weighted by Crippen LogP contribution is 2.43. The number of fused-ring (bicyclic) bond motifs is 1. The van der Waals surface area contributed by atoms with Gasteiger partial charge in [-0.25, -0.2) is 9.67 Å². The quantitative estimate of drug-likeness (QED) is 0.155. The molecule has 1 atom stereocenters. The predicted molar refractivity (Wildman–Crippen MR) is 169 cm³/mol. The van der Waals surface area contributed by atoms with Crippen LogP contribution >= 0.6 is 0 Å². The fourth-order valence-corrected chi connectivity index (χ4v) is 6.01. The molecule has 6 rings (SSSR count). The fourth-order valence-electron chi connectivity index (χ4n) is 6.01. The van der Waals surface area contributed by atoms with Crippen molar-refractivity contribution in [1.29, 1.82) is 0 Å². The normalized spacial score (nSPS) is 12.1. The zero-order chi connectivity index (χ0) is 29.8. The van der Waals surface area contributed by atoms with Crippen LogP contribution < -0.4 is 5.32 Å². The van der Waals surface area contributed by atoms with Crippen molar-refractivity contribution in [1.82, 2.24) is 20.1 Å². The number of amides is 1. The molecule has 0 radical (unpaired) electrons. The summed E-state index contributed by atoms with van der Waals surface area (Å²) in [5, 5.41) is 8.86. The third-order valence-corrected chi connectivity index (χ3v) is 7.94. The van der Waals surface area contributed by atoms with Crippen LogP contribution in [0.15, 0.2) is 127 Å². The van der Waals surface area contributed by atoms with Gasteiger partial charge < -0.3 is 5.32 Å². The van der Waals surface area contributed by atoms with E-state index in [4.69, 9.17) is 5.10 Å². The number of pyridine rings is 1. The van der Waals surface area contributed by atoms with Crippen LogP contribution in [-0.2, 0) is 16.8 Å². The van der Waals surface area contributed by atoms with Crippen molar-refractivity contribution in [2.24, 2.45) is 0 Å². The van der Waals surface area contributed by atoms with Crippen molar-refractivity contribution >= 4 is 23.1 Å². The van der Waals surface area contributed by atoms with Crippen LogP contribution in [-0.4, -0.2) is 27.0 Å². The first-order valence-electron chi connectivity index (χ1n) is 14.4. The lowest BCUT2D eigenvalue weighted by atomic mass is 9.77. The van der Waals surface area contributed by atoms with Crippen molar-refractivity contribution in [2.45, 2.75) is 31.8 Å². The van der Waals surface area contributed by atoms with Gasteiger partial charge in [-0.15, -0.1) is 0 Å². The minimum Gasteiger partial charge on any atom is -0.349 e. The summed E-state index contributed by atoms with van der Waals surface area (Å²) in [6.45, 7) is 3.85. The lowest BCUT2D eigenvalue weighted by Gasteiger charge is -2.37. The summed E-state index contributed by atoms with van der Waals surface area (Å²) in [7, 11) is 0. The van der Waals surface area contributed by atoms with Gasteiger partial charge in [0, 0.05) is 0 Å². The lowest BCUT2D eigenvalue weighted by molar-refractivity contribution is -0.121. The highest BCUT2D eigenvalue weighted by Gasteiger charge is 2.41. The Kier molecular flexibility index (Phi) is 7.67. The Hall–Kier alpha value is -5.36. The largest absolute Gasteiger partial charge is 0.349 e. The predicted octanol–water partition coefficient (Wildman–Crippen LogP) is 6.81. The molecule has 6 heteroatoms. The molecule has 1 amide bonds. The molecule has 2 heterocycles. The average molecular weight is 565 g/mol. The number of aryl methyl sites for hydroxylation is 1. The van der Waals surface area contributed by atoms with Crippen LogP contribution in [0.5, 0.6) is 0 Å². The number of carbonyl (C=O) groups is 2. The van der Waals surface area contributed by atoms with Gasteiger partial charge in [-0.1, -0.05) is 121 Å². The Bertz CT molecular complexity index is 1770. The van der Waals surface area contributed by atoms with E-state index in [1.807, 2.05) is 110 Å². The number of hydrogen-bond donors (Lipinski definition) is 1. The zero-order valence-electron chi connectivity index (χ0n) is 24.1. The van der Waals surface area contributed by atoms with Gasteiger partial charge in [0.15, 0.2) is 6.29 Å². The van der Waals surface area contributed by atoms with Gasteiger partial charge in [0.05, 0.1) is 34.8 Å². The molecule has 1 N–H and O–H groups in total. The molecule has 212 valence electrons. The molecular formula is C37H32N4O2. The Morgan fingerprint density at radius 1 is 0.814 bits per heavy atom. The summed E-state index contributed by atoms with van der Waals surface area (Å²) >= 11 is 0. The minimum absolute atomic E-state index is 0.0210.